The lowest BCUT2D eigenvalue weighted by Gasteiger charge is -2.41. The standard InChI is InChI=1S/C16H16F2N2O3/c17-16(18,15(22)7-4-8-15)14(21)20-10-13-19-9-12(23-13)11-5-2-1-3-6-11/h1-3,5-6,9,22H,4,7-8,10H2,(H,20,21). The molecule has 122 valence electrons. The number of alkyl halides is 2. The minimum Gasteiger partial charge on any atom is -0.439 e. The Balaban J connectivity index is 1.63. The first-order valence-corrected chi connectivity index (χ1v) is 7.31. The Morgan fingerprint density at radius 1 is 1.35 bits per heavy atom. The number of carbonyl (C=O) groups is 1. The molecule has 0 spiro atoms. The number of halogens is 2. The number of rotatable bonds is 5. The maximum absolute atomic E-state index is 13.9. The third-order valence-electron chi connectivity index (χ3n) is 4.06. The summed E-state index contributed by atoms with van der Waals surface area (Å²) in [6.45, 7) is -0.267. The van der Waals surface area contributed by atoms with E-state index in [1.54, 1.807) is 0 Å². The van der Waals surface area contributed by atoms with E-state index >= 15 is 0 Å². The van der Waals surface area contributed by atoms with Crippen LogP contribution in [0.5, 0.6) is 0 Å². The largest absolute Gasteiger partial charge is 0.439 e. The molecule has 23 heavy (non-hydrogen) atoms. The van der Waals surface area contributed by atoms with E-state index in [1.165, 1.54) is 6.20 Å². The number of aromatic nitrogens is 1. The number of aliphatic hydroxyl groups is 1. The van der Waals surface area contributed by atoms with Crippen molar-refractivity contribution < 1.29 is 23.1 Å². The number of nitrogens with zero attached hydrogens (tertiary/aromatic N) is 1. The Labute approximate surface area is 131 Å². The van der Waals surface area contributed by atoms with Crippen LogP contribution in [0.2, 0.25) is 0 Å². The number of nitrogens with one attached hydrogen (secondary N) is 1. The zero-order chi connectivity index (χ0) is 16.5. The average molecular weight is 322 g/mol. The second kappa shape index (κ2) is 5.73. The number of hydrogen-bond donors (Lipinski definition) is 2. The van der Waals surface area contributed by atoms with Crippen molar-refractivity contribution in [1.29, 1.82) is 0 Å². The summed E-state index contributed by atoms with van der Waals surface area (Å²) in [6.07, 6.45) is 1.79. The third kappa shape index (κ3) is 2.84. The van der Waals surface area contributed by atoms with Crippen molar-refractivity contribution in [2.75, 3.05) is 0 Å². The Morgan fingerprint density at radius 2 is 2.04 bits per heavy atom. The van der Waals surface area contributed by atoms with Crippen LogP contribution in [0.4, 0.5) is 8.78 Å². The van der Waals surface area contributed by atoms with Crippen LogP contribution in [0.15, 0.2) is 40.9 Å². The first-order valence-electron chi connectivity index (χ1n) is 7.31. The molecule has 0 radical (unpaired) electrons. The van der Waals surface area contributed by atoms with Gasteiger partial charge in [-0.1, -0.05) is 30.3 Å². The van der Waals surface area contributed by atoms with Gasteiger partial charge in [-0.2, -0.15) is 8.78 Å². The highest BCUT2D eigenvalue weighted by Gasteiger charge is 2.61. The molecule has 7 heteroatoms. The number of oxazole rings is 1. The van der Waals surface area contributed by atoms with Crippen molar-refractivity contribution >= 4 is 5.91 Å². The lowest BCUT2D eigenvalue weighted by Crippen LogP contribution is -2.60. The van der Waals surface area contributed by atoms with Crippen LogP contribution in [0.1, 0.15) is 25.2 Å². The van der Waals surface area contributed by atoms with Gasteiger partial charge in [0.2, 0.25) is 5.89 Å². The van der Waals surface area contributed by atoms with Gasteiger partial charge in [-0.05, 0) is 19.3 Å². The molecule has 1 aromatic heterocycles. The van der Waals surface area contributed by atoms with Gasteiger partial charge in [0.1, 0.15) is 5.60 Å². The monoisotopic (exact) mass is 322 g/mol. The molecule has 1 aromatic carbocycles. The van der Waals surface area contributed by atoms with E-state index in [4.69, 9.17) is 4.42 Å². The zero-order valence-corrected chi connectivity index (χ0v) is 12.3. The van der Waals surface area contributed by atoms with Crippen molar-refractivity contribution in [3.63, 3.8) is 0 Å². The van der Waals surface area contributed by atoms with Gasteiger partial charge in [-0.15, -0.1) is 0 Å². The van der Waals surface area contributed by atoms with Gasteiger partial charge in [-0.3, -0.25) is 4.79 Å². The van der Waals surface area contributed by atoms with E-state index in [0.717, 1.165) is 5.56 Å². The molecule has 0 bridgehead atoms. The number of carbonyl (C=O) groups excluding carboxylic acids is 1. The SMILES string of the molecule is O=C(NCc1ncc(-c2ccccc2)o1)C(F)(F)C1(O)CCC1. The van der Waals surface area contributed by atoms with Gasteiger partial charge >= 0.3 is 5.92 Å². The van der Waals surface area contributed by atoms with Crippen LogP contribution in [-0.2, 0) is 11.3 Å². The second-order valence-corrected chi connectivity index (χ2v) is 5.63. The first-order chi connectivity index (χ1) is 10.9. The molecule has 0 atom stereocenters. The highest BCUT2D eigenvalue weighted by molar-refractivity contribution is 5.85. The summed E-state index contributed by atoms with van der Waals surface area (Å²) < 4.78 is 33.2. The smallest absolute Gasteiger partial charge is 0.352 e. The molecular weight excluding hydrogens is 306 g/mol. The summed E-state index contributed by atoms with van der Waals surface area (Å²) >= 11 is 0. The molecule has 1 aliphatic carbocycles. The van der Waals surface area contributed by atoms with Crippen LogP contribution < -0.4 is 5.32 Å². The molecule has 1 heterocycles. The Kier molecular flexibility index (Phi) is 3.89. The van der Waals surface area contributed by atoms with E-state index in [2.05, 4.69) is 10.3 Å². The molecule has 1 amide bonds. The van der Waals surface area contributed by atoms with Gasteiger partial charge < -0.3 is 14.8 Å². The molecule has 2 N–H and O–H groups in total. The first kappa shape index (κ1) is 15.6. The van der Waals surface area contributed by atoms with E-state index in [-0.39, 0.29) is 25.3 Å². The van der Waals surface area contributed by atoms with E-state index in [9.17, 15) is 18.7 Å². The highest BCUT2D eigenvalue weighted by atomic mass is 19.3. The number of benzene rings is 1. The van der Waals surface area contributed by atoms with Crippen molar-refractivity contribution in [1.82, 2.24) is 10.3 Å². The summed E-state index contributed by atoms with van der Waals surface area (Å²) in [6, 6.07) is 9.17. The van der Waals surface area contributed by atoms with Gasteiger partial charge in [0.05, 0.1) is 12.7 Å². The van der Waals surface area contributed by atoms with E-state index < -0.39 is 17.4 Å². The highest BCUT2D eigenvalue weighted by Crippen LogP contribution is 2.44. The van der Waals surface area contributed by atoms with Gasteiger partial charge in [-0.25, -0.2) is 4.98 Å². The van der Waals surface area contributed by atoms with Crippen LogP contribution in [-0.4, -0.2) is 27.5 Å². The van der Waals surface area contributed by atoms with Crippen LogP contribution in [0.25, 0.3) is 11.3 Å². The molecule has 3 rings (SSSR count). The summed E-state index contributed by atoms with van der Waals surface area (Å²) in [5, 5.41) is 11.8. The van der Waals surface area contributed by atoms with Crippen LogP contribution in [0, 0.1) is 0 Å². The molecule has 1 fully saturated rings. The average Bonchev–Trinajstić information content (AvgIpc) is 2.99. The van der Waals surface area contributed by atoms with Crippen LogP contribution >= 0.6 is 0 Å². The summed E-state index contributed by atoms with van der Waals surface area (Å²) in [7, 11) is 0. The van der Waals surface area contributed by atoms with E-state index in [1.807, 2.05) is 30.3 Å². The van der Waals surface area contributed by atoms with Crippen molar-refractivity contribution in [3.8, 4) is 11.3 Å². The quantitative estimate of drug-likeness (QED) is 0.887. The van der Waals surface area contributed by atoms with Crippen molar-refractivity contribution in [2.45, 2.75) is 37.3 Å². The molecule has 0 saturated heterocycles. The minimum absolute atomic E-state index is 0.0788. The molecule has 1 aliphatic rings. The van der Waals surface area contributed by atoms with E-state index in [0.29, 0.717) is 12.2 Å². The topological polar surface area (TPSA) is 75.4 Å². The summed E-state index contributed by atoms with van der Waals surface area (Å²) in [5.41, 5.74) is -1.44. The molecule has 1 saturated carbocycles. The van der Waals surface area contributed by atoms with Crippen molar-refractivity contribution in [3.05, 3.63) is 42.4 Å². The maximum atomic E-state index is 13.9. The molecule has 2 aromatic rings. The number of hydrogen-bond acceptors (Lipinski definition) is 4. The normalized spacial score (nSPS) is 16.7. The molecule has 0 unspecified atom stereocenters. The third-order valence-corrected chi connectivity index (χ3v) is 4.06. The lowest BCUT2D eigenvalue weighted by atomic mass is 9.75. The fraction of sp³-hybridized carbons (Fsp3) is 0.375. The second-order valence-electron chi connectivity index (χ2n) is 5.63. The van der Waals surface area contributed by atoms with Gasteiger partial charge in [0.15, 0.2) is 5.76 Å². The van der Waals surface area contributed by atoms with Gasteiger partial charge in [0, 0.05) is 5.56 Å². The number of amides is 1. The van der Waals surface area contributed by atoms with Gasteiger partial charge in [0.25, 0.3) is 5.91 Å². The zero-order valence-electron chi connectivity index (χ0n) is 12.3. The Hall–Kier alpha value is -2.28. The molecular formula is C16H16F2N2O3. The fourth-order valence-electron chi connectivity index (χ4n) is 2.43. The van der Waals surface area contributed by atoms with Crippen LogP contribution in [0.3, 0.4) is 0 Å². The maximum Gasteiger partial charge on any atom is 0.352 e. The summed E-state index contributed by atoms with van der Waals surface area (Å²) in [4.78, 5) is 15.6. The van der Waals surface area contributed by atoms with Crippen molar-refractivity contribution in [2.24, 2.45) is 0 Å². The Bertz CT molecular complexity index is 696. The lowest BCUT2D eigenvalue weighted by molar-refractivity contribution is -0.216. The summed E-state index contributed by atoms with van der Waals surface area (Å²) in [5.74, 6) is -4.73. The predicted octanol–water partition coefficient (Wildman–Crippen LogP) is 2.51. The predicted molar refractivity (Wildman–Crippen MR) is 77.5 cm³/mol. The minimum atomic E-state index is -3.82. The fourth-order valence-corrected chi connectivity index (χ4v) is 2.43. The molecule has 5 nitrogen and oxygen atoms in total. The molecule has 0 aliphatic heterocycles. The Morgan fingerprint density at radius 3 is 2.65 bits per heavy atom.